The molecule has 0 N–H and O–H groups in total. The molecule has 0 radical (unpaired) electrons. The monoisotopic (exact) mass is 422 g/mol. The van der Waals surface area contributed by atoms with Crippen LogP contribution in [0.2, 0.25) is 0 Å². The minimum Gasteiger partial charge on any atom is -0.461 e. The molecule has 2 atom stereocenters. The van der Waals surface area contributed by atoms with Gasteiger partial charge in [-0.05, 0) is 32.0 Å². The first kappa shape index (κ1) is 20.2. The van der Waals surface area contributed by atoms with Gasteiger partial charge >= 0.3 is 5.97 Å². The van der Waals surface area contributed by atoms with Crippen molar-refractivity contribution in [1.82, 2.24) is 0 Å². The van der Waals surface area contributed by atoms with Crippen LogP contribution in [-0.4, -0.2) is 41.1 Å². The highest BCUT2D eigenvalue weighted by Gasteiger charge is 2.59. The van der Waals surface area contributed by atoms with Gasteiger partial charge in [0.2, 0.25) is 5.91 Å². The van der Waals surface area contributed by atoms with Crippen LogP contribution < -0.4 is 9.91 Å². The number of nitro groups is 1. The third kappa shape index (κ3) is 3.21. The maximum Gasteiger partial charge on any atom is 0.355 e. The summed E-state index contributed by atoms with van der Waals surface area (Å²) in [6, 6.07) is 11.4. The first-order valence-corrected chi connectivity index (χ1v) is 9.58. The number of ether oxygens (including phenoxy) is 1. The van der Waals surface area contributed by atoms with Crippen molar-refractivity contribution in [3.05, 3.63) is 64.2 Å². The number of anilines is 2. The molecule has 2 aliphatic heterocycles. The van der Waals surface area contributed by atoms with E-state index < -0.39 is 34.7 Å². The fourth-order valence-electron chi connectivity index (χ4n) is 3.74. The number of benzene rings is 2. The Morgan fingerprint density at radius 3 is 2.45 bits per heavy atom. The molecular formula is C21H18N4O6. The summed E-state index contributed by atoms with van der Waals surface area (Å²) in [6.07, 6.45) is 0. The number of fused-ring (bicyclic) bond motifs is 1. The van der Waals surface area contributed by atoms with Crippen LogP contribution in [0, 0.1) is 23.0 Å². The van der Waals surface area contributed by atoms with Gasteiger partial charge in [-0.2, -0.15) is 5.10 Å². The van der Waals surface area contributed by atoms with Gasteiger partial charge < -0.3 is 4.74 Å². The molecule has 0 bridgehead atoms. The highest BCUT2D eigenvalue weighted by molar-refractivity contribution is 6.47. The first-order chi connectivity index (χ1) is 14.8. The molecule has 2 aromatic carbocycles. The third-order valence-electron chi connectivity index (χ3n) is 5.15. The van der Waals surface area contributed by atoms with E-state index in [9.17, 15) is 24.5 Å². The first-order valence-electron chi connectivity index (χ1n) is 9.58. The van der Waals surface area contributed by atoms with Crippen molar-refractivity contribution in [2.75, 3.05) is 16.5 Å². The van der Waals surface area contributed by atoms with Crippen molar-refractivity contribution in [1.29, 1.82) is 0 Å². The molecule has 10 nitrogen and oxygen atoms in total. The van der Waals surface area contributed by atoms with Gasteiger partial charge in [0.15, 0.2) is 5.71 Å². The maximum absolute atomic E-state index is 13.4. The van der Waals surface area contributed by atoms with Crippen LogP contribution in [0.25, 0.3) is 0 Å². The van der Waals surface area contributed by atoms with Crippen LogP contribution >= 0.6 is 0 Å². The van der Waals surface area contributed by atoms with Gasteiger partial charge in [0, 0.05) is 6.07 Å². The third-order valence-corrected chi connectivity index (χ3v) is 5.15. The number of hydrazone groups is 1. The Labute approximate surface area is 176 Å². The molecule has 1 fully saturated rings. The van der Waals surface area contributed by atoms with Crippen LogP contribution in [-0.2, 0) is 19.1 Å². The van der Waals surface area contributed by atoms with Crippen LogP contribution in [0.4, 0.5) is 17.1 Å². The summed E-state index contributed by atoms with van der Waals surface area (Å²) in [5.41, 5.74) is 0.742. The van der Waals surface area contributed by atoms with Crippen LogP contribution in [0.5, 0.6) is 0 Å². The van der Waals surface area contributed by atoms with E-state index in [0.717, 1.165) is 10.5 Å². The van der Waals surface area contributed by atoms with Gasteiger partial charge in [-0.15, -0.1) is 0 Å². The van der Waals surface area contributed by atoms with E-state index in [-0.39, 0.29) is 23.7 Å². The van der Waals surface area contributed by atoms with E-state index >= 15 is 0 Å². The highest BCUT2D eigenvalue weighted by Crippen LogP contribution is 2.40. The van der Waals surface area contributed by atoms with Crippen molar-refractivity contribution >= 4 is 40.6 Å². The molecule has 1 saturated heterocycles. The van der Waals surface area contributed by atoms with Gasteiger partial charge in [0.05, 0.1) is 17.2 Å². The van der Waals surface area contributed by atoms with E-state index in [1.165, 1.54) is 29.3 Å². The number of hydrogen-bond donors (Lipinski definition) is 0. The predicted octanol–water partition coefficient (Wildman–Crippen LogP) is 2.20. The number of rotatable bonds is 5. The number of nitrogens with zero attached hydrogens (tertiary/aromatic N) is 4. The van der Waals surface area contributed by atoms with Crippen molar-refractivity contribution in [3.63, 3.8) is 0 Å². The summed E-state index contributed by atoms with van der Waals surface area (Å²) in [5.74, 6) is -3.50. The SMILES string of the molecule is CCOC(=O)C1=NN(c2ccc(C)cc2)C2C(=O)N(c3ccccc3[N+](=O)[O-])C(=O)C12. The highest BCUT2D eigenvalue weighted by atomic mass is 16.6. The number of esters is 1. The molecule has 31 heavy (non-hydrogen) atoms. The summed E-state index contributed by atoms with van der Waals surface area (Å²) < 4.78 is 5.04. The molecule has 2 unspecified atom stereocenters. The van der Waals surface area contributed by atoms with Crippen LogP contribution in [0.1, 0.15) is 12.5 Å². The second-order valence-corrected chi connectivity index (χ2v) is 7.07. The topological polar surface area (TPSA) is 122 Å². The van der Waals surface area contributed by atoms with Gasteiger partial charge in [0.25, 0.3) is 11.6 Å². The van der Waals surface area contributed by atoms with Crippen LogP contribution in [0.15, 0.2) is 53.6 Å². The number of para-hydroxylation sites is 2. The van der Waals surface area contributed by atoms with E-state index in [4.69, 9.17) is 4.74 Å². The van der Waals surface area contributed by atoms with Crippen molar-refractivity contribution < 1.29 is 24.0 Å². The van der Waals surface area contributed by atoms with Crippen molar-refractivity contribution in [2.45, 2.75) is 19.9 Å². The number of aryl methyl sites for hydroxylation is 1. The smallest absolute Gasteiger partial charge is 0.355 e. The lowest BCUT2D eigenvalue weighted by Crippen LogP contribution is -2.39. The summed E-state index contributed by atoms with van der Waals surface area (Å²) >= 11 is 0. The normalized spacial score (nSPS) is 20.0. The second kappa shape index (κ2) is 7.63. The fraction of sp³-hybridized carbons (Fsp3) is 0.238. The molecule has 4 rings (SSSR count). The predicted molar refractivity (Wildman–Crippen MR) is 111 cm³/mol. The zero-order valence-electron chi connectivity index (χ0n) is 16.7. The minimum atomic E-state index is -1.23. The number of amides is 2. The number of imide groups is 1. The van der Waals surface area contributed by atoms with Crippen molar-refractivity contribution in [2.24, 2.45) is 11.0 Å². The van der Waals surface area contributed by atoms with E-state index in [1.54, 1.807) is 19.1 Å². The van der Waals surface area contributed by atoms with E-state index in [0.29, 0.717) is 5.69 Å². The zero-order valence-corrected chi connectivity index (χ0v) is 16.7. The van der Waals surface area contributed by atoms with Gasteiger partial charge in [-0.3, -0.25) is 24.7 Å². The largest absolute Gasteiger partial charge is 0.461 e. The molecule has 2 aliphatic rings. The molecule has 0 saturated carbocycles. The molecule has 0 spiro atoms. The Kier molecular flexibility index (Phi) is 4.97. The summed E-state index contributed by atoms with van der Waals surface area (Å²) in [5, 5.41) is 17.0. The lowest BCUT2D eigenvalue weighted by atomic mass is 9.97. The fourth-order valence-corrected chi connectivity index (χ4v) is 3.74. The lowest BCUT2D eigenvalue weighted by molar-refractivity contribution is -0.384. The molecule has 2 aromatic rings. The van der Waals surface area contributed by atoms with E-state index in [2.05, 4.69) is 5.10 Å². The number of carbonyl (C=O) groups excluding carboxylic acids is 3. The zero-order chi connectivity index (χ0) is 22.3. The maximum atomic E-state index is 13.4. The average Bonchev–Trinajstić information content (AvgIpc) is 3.26. The Hall–Kier alpha value is -4.08. The Morgan fingerprint density at radius 2 is 1.81 bits per heavy atom. The Bertz CT molecular complexity index is 1130. The van der Waals surface area contributed by atoms with Gasteiger partial charge in [-0.1, -0.05) is 29.8 Å². The number of carbonyl (C=O) groups is 3. The quantitative estimate of drug-likeness (QED) is 0.313. The molecular weight excluding hydrogens is 404 g/mol. The summed E-state index contributed by atoms with van der Waals surface area (Å²) in [7, 11) is 0. The van der Waals surface area contributed by atoms with Crippen LogP contribution in [0.3, 0.4) is 0 Å². The van der Waals surface area contributed by atoms with Gasteiger partial charge in [-0.25, -0.2) is 9.69 Å². The Balaban J connectivity index is 1.82. The Morgan fingerprint density at radius 1 is 1.13 bits per heavy atom. The van der Waals surface area contributed by atoms with Gasteiger partial charge in [0.1, 0.15) is 17.6 Å². The molecule has 2 heterocycles. The summed E-state index contributed by atoms with van der Waals surface area (Å²) in [4.78, 5) is 50.7. The number of hydrogen-bond acceptors (Lipinski definition) is 8. The molecule has 0 aromatic heterocycles. The van der Waals surface area contributed by atoms with Crippen molar-refractivity contribution in [3.8, 4) is 0 Å². The molecule has 158 valence electrons. The molecule has 2 amide bonds. The van der Waals surface area contributed by atoms with E-state index in [1.807, 2.05) is 19.1 Å². The summed E-state index contributed by atoms with van der Waals surface area (Å²) in [6.45, 7) is 3.57. The second-order valence-electron chi connectivity index (χ2n) is 7.07. The standard InChI is InChI=1S/C21H18N4O6/c1-3-31-21(28)17-16-18(24(22-17)13-10-8-12(2)9-11-13)20(27)23(19(16)26)14-6-4-5-7-15(14)25(29)30/h4-11,16,18H,3H2,1-2H3. The minimum absolute atomic E-state index is 0.0653. The average molecular weight is 422 g/mol. The molecule has 0 aliphatic carbocycles. The molecule has 10 heteroatoms. The lowest BCUT2D eigenvalue weighted by Gasteiger charge is -2.22. The number of nitro benzene ring substituents is 1.